The normalized spacial score (nSPS) is 11.9. The lowest BCUT2D eigenvalue weighted by Crippen LogP contribution is -2.40. The summed E-state index contributed by atoms with van der Waals surface area (Å²) in [4.78, 5) is 27.3. The first kappa shape index (κ1) is 14.7. The number of hydrogen-bond donors (Lipinski definition) is 2. The molecule has 0 fully saturated rings. The zero-order valence-corrected chi connectivity index (χ0v) is 11.7. The average Bonchev–Trinajstić information content (AvgIpc) is 2.90. The van der Waals surface area contributed by atoms with Crippen LogP contribution in [0.15, 0.2) is 28.8 Å². The standard InChI is InChI=1S/C14H15N3O4/c1-3-11(14(19)20)16-12(18)9-6-4-5-7-10(9)13-15-8(2)17-21-13/h4-7,11H,3H2,1-2H3,(H,16,18)(H,19,20). The van der Waals surface area contributed by atoms with Gasteiger partial charge in [-0.25, -0.2) is 4.79 Å². The highest BCUT2D eigenvalue weighted by atomic mass is 16.5. The number of carboxylic acid groups (broad SMARTS) is 1. The number of aliphatic carboxylic acids is 1. The zero-order valence-electron chi connectivity index (χ0n) is 11.7. The van der Waals surface area contributed by atoms with E-state index in [-0.39, 0.29) is 5.89 Å². The topological polar surface area (TPSA) is 105 Å². The molecule has 2 N–H and O–H groups in total. The summed E-state index contributed by atoms with van der Waals surface area (Å²) in [6.07, 6.45) is 0.295. The van der Waals surface area contributed by atoms with Crippen LogP contribution in [0, 0.1) is 6.92 Å². The van der Waals surface area contributed by atoms with E-state index >= 15 is 0 Å². The fraction of sp³-hybridized carbons (Fsp3) is 0.286. The quantitative estimate of drug-likeness (QED) is 0.866. The zero-order chi connectivity index (χ0) is 15.4. The number of carbonyl (C=O) groups is 2. The number of nitrogens with one attached hydrogen (secondary N) is 1. The first-order valence-electron chi connectivity index (χ1n) is 6.46. The lowest BCUT2D eigenvalue weighted by Gasteiger charge is -2.13. The molecule has 1 aromatic carbocycles. The third-order valence-electron chi connectivity index (χ3n) is 2.94. The molecule has 1 amide bonds. The van der Waals surface area contributed by atoms with Gasteiger partial charge in [0.25, 0.3) is 11.8 Å². The van der Waals surface area contributed by atoms with Gasteiger partial charge in [0.05, 0.1) is 11.1 Å². The minimum Gasteiger partial charge on any atom is -0.480 e. The maximum Gasteiger partial charge on any atom is 0.326 e. The Morgan fingerprint density at radius 3 is 2.67 bits per heavy atom. The number of carboxylic acids is 1. The molecule has 2 aromatic rings. The van der Waals surface area contributed by atoms with Crippen LogP contribution in [-0.4, -0.2) is 33.2 Å². The number of hydrogen-bond acceptors (Lipinski definition) is 5. The van der Waals surface area contributed by atoms with Crippen LogP contribution >= 0.6 is 0 Å². The third kappa shape index (κ3) is 3.25. The molecule has 0 radical (unpaired) electrons. The highest BCUT2D eigenvalue weighted by Crippen LogP contribution is 2.22. The number of nitrogens with zero attached hydrogens (tertiary/aromatic N) is 2. The number of carbonyl (C=O) groups excluding carboxylic acids is 1. The molecular weight excluding hydrogens is 274 g/mol. The Hall–Kier alpha value is -2.70. The second-order valence-electron chi connectivity index (χ2n) is 4.46. The monoisotopic (exact) mass is 289 g/mol. The van der Waals surface area contributed by atoms with Crippen LogP contribution in [0.25, 0.3) is 11.5 Å². The summed E-state index contributed by atoms with van der Waals surface area (Å²) < 4.78 is 5.06. The van der Waals surface area contributed by atoms with E-state index in [2.05, 4.69) is 15.5 Å². The Balaban J connectivity index is 2.32. The Kier molecular flexibility index (Phi) is 4.32. The SMILES string of the molecule is CCC(NC(=O)c1ccccc1-c1nc(C)no1)C(=O)O. The second-order valence-corrected chi connectivity index (χ2v) is 4.46. The van der Waals surface area contributed by atoms with E-state index in [1.807, 2.05) is 0 Å². The van der Waals surface area contributed by atoms with Crippen molar-refractivity contribution < 1.29 is 19.2 Å². The molecule has 110 valence electrons. The minimum absolute atomic E-state index is 0.224. The minimum atomic E-state index is -1.07. The molecule has 0 saturated heterocycles. The maximum absolute atomic E-state index is 12.3. The predicted octanol–water partition coefficient (Wildman–Crippen LogP) is 1.64. The van der Waals surface area contributed by atoms with Crippen LogP contribution in [0.4, 0.5) is 0 Å². The van der Waals surface area contributed by atoms with E-state index in [0.717, 1.165) is 0 Å². The Bertz CT molecular complexity index is 666. The molecule has 21 heavy (non-hydrogen) atoms. The first-order chi connectivity index (χ1) is 10.0. The van der Waals surface area contributed by atoms with Crippen molar-refractivity contribution in [2.45, 2.75) is 26.3 Å². The third-order valence-corrected chi connectivity index (χ3v) is 2.94. The summed E-state index contributed by atoms with van der Waals surface area (Å²) in [5.74, 6) is -0.883. The number of aromatic nitrogens is 2. The molecule has 0 aliphatic rings. The van der Waals surface area contributed by atoms with E-state index in [9.17, 15) is 9.59 Å². The van der Waals surface area contributed by atoms with Gasteiger partial charge in [0.15, 0.2) is 5.82 Å². The molecule has 0 aliphatic carbocycles. The molecule has 0 saturated carbocycles. The fourth-order valence-electron chi connectivity index (χ4n) is 1.85. The smallest absolute Gasteiger partial charge is 0.326 e. The van der Waals surface area contributed by atoms with Crippen molar-refractivity contribution in [1.82, 2.24) is 15.5 Å². The van der Waals surface area contributed by atoms with Crippen LogP contribution in [0.3, 0.4) is 0 Å². The molecule has 0 bridgehead atoms. The average molecular weight is 289 g/mol. The summed E-state index contributed by atoms with van der Waals surface area (Å²) in [7, 11) is 0. The van der Waals surface area contributed by atoms with Crippen molar-refractivity contribution in [3.05, 3.63) is 35.7 Å². The lowest BCUT2D eigenvalue weighted by atomic mass is 10.1. The Labute approximate surface area is 121 Å². The van der Waals surface area contributed by atoms with Crippen molar-refractivity contribution in [2.75, 3.05) is 0 Å². The van der Waals surface area contributed by atoms with Gasteiger partial charge in [-0.1, -0.05) is 24.2 Å². The molecule has 2 rings (SSSR count). The molecule has 1 unspecified atom stereocenters. The highest BCUT2D eigenvalue weighted by molar-refractivity contribution is 6.01. The van der Waals surface area contributed by atoms with Crippen LogP contribution in [0.5, 0.6) is 0 Å². The van der Waals surface area contributed by atoms with Crippen molar-refractivity contribution in [3.8, 4) is 11.5 Å². The van der Waals surface area contributed by atoms with Gasteiger partial charge in [-0.2, -0.15) is 4.98 Å². The van der Waals surface area contributed by atoms with Gasteiger partial charge in [-0.3, -0.25) is 4.79 Å². The van der Waals surface area contributed by atoms with Gasteiger partial charge in [0.1, 0.15) is 6.04 Å². The van der Waals surface area contributed by atoms with Crippen LogP contribution < -0.4 is 5.32 Å². The van der Waals surface area contributed by atoms with Gasteiger partial charge in [0, 0.05) is 0 Å². The number of benzene rings is 1. The van der Waals surface area contributed by atoms with E-state index in [4.69, 9.17) is 9.63 Å². The molecule has 1 aromatic heterocycles. The van der Waals surface area contributed by atoms with Crippen molar-refractivity contribution in [2.24, 2.45) is 0 Å². The van der Waals surface area contributed by atoms with Crippen molar-refractivity contribution >= 4 is 11.9 Å². The molecule has 1 heterocycles. The van der Waals surface area contributed by atoms with Crippen LogP contribution in [0.2, 0.25) is 0 Å². The summed E-state index contributed by atoms with van der Waals surface area (Å²) >= 11 is 0. The van der Waals surface area contributed by atoms with Gasteiger partial charge in [-0.15, -0.1) is 0 Å². The molecule has 0 aliphatic heterocycles. The largest absolute Gasteiger partial charge is 0.480 e. The van der Waals surface area contributed by atoms with Crippen LogP contribution in [-0.2, 0) is 4.79 Å². The summed E-state index contributed by atoms with van der Waals surface area (Å²) in [6, 6.07) is 5.74. The fourth-order valence-corrected chi connectivity index (χ4v) is 1.85. The summed E-state index contributed by atoms with van der Waals surface area (Å²) in [5, 5.41) is 15.2. The predicted molar refractivity (Wildman–Crippen MR) is 73.7 cm³/mol. The van der Waals surface area contributed by atoms with E-state index in [1.165, 1.54) is 0 Å². The number of rotatable bonds is 5. The Morgan fingerprint density at radius 1 is 1.38 bits per heavy atom. The lowest BCUT2D eigenvalue weighted by molar-refractivity contribution is -0.139. The van der Waals surface area contributed by atoms with E-state index in [1.54, 1.807) is 38.1 Å². The van der Waals surface area contributed by atoms with Crippen LogP contribution in [0.1, 0.15) is 29.5 Å². The van der Waals surface area contributed by atoms with E-state index < -0.39 is 17.9 Å². The molecular formula is C14H15N3O4. The second kappa shape index (κ2) is 6.17. The van der Waals surface area contributed by atoms with Gasteiger partial charge < -0.3 is 14.9 Å². The number of aryl methyl sites for hydroxylation is 1. The molecule has 1 atom stereocenters. The molecule has 7 heteroatoms. The van der Waals surface area contributed by atoms with Crippen molar-refractivity contribution in [3.63, 3.8) is 0 Å². The van der Waals surface area contributed by atoms with Crippen molar-refractivity contribution in [1.29, 1.82) is 0 Å². The summed E-state index contributed by atoms with van der Waals surface area (Å²) in [5.41, 5.74) is 0.761. The summed E-state index contributed by atoms with van der Waals surface area (Å²) in [6.45, 7) is 3.36. The van der Waals surface area contributed by atoms with Gasteiger partial charge >= 0.3 is 5.97 Å². The molecule has 0 spiro atoms. The first-order valence-corrected chi connectivity index (χ1v) is 6.46. The highest BCUT2D eigenvalue weighted by Gasteiger charge is 2.22. The molecule has 7 nitrogen and oxygen atoms in total. The maximum atomic E-state index is 12.3. The van der Waals surface area contributed by atoms with Gasteiger partial charge in [0.2, 0.25) is 0 Å². The Morgan fingerprint density at radius 2 is 2.10 bits per heavy atom. The number of amides is 1. The van der Waals surface area contributed by atoms with Gasteiger partial charge in [-0.05, 0) is 25.5 Å². The van der Waals surface area contributed by atoms with E-state index in [0.29, 0.717) is 23.4 Å².